The molecule has 0 saturated heterocycles. The Bertz CT molecular complexity index is 1220. The molecule has 0 fully saturated rings. The first-order valence-electron chi connectivity index (χ1n) is 11.7. The molecule has 0 spiro atoms. The number of carbonyl (C=O) groups excluding carboxylic acids is 2. The molecule has 1 N–H and O–H groups in total. The van der Waals surface area contributed by atoms with Crippen LogP contribution in [0.1, 0.15) is 45.6 Å². The van der Waals surface area contributed by atoms with Crippen LogP contribution >= 0.6 is 46.4 Å². The highest BCUT2D eigenvalue weighted by molar-refractivity contribution is 7.92. The molecule has 7 nitrogen and oxygen atoms in total. The van der Waals surface area contributed by atoms with Crippen molar-refractivity contribution in [2.75, 3.05) is 17.1 Å². The van der Waals surface area contributed by atoms with E-state index in [1.54, 1.807) is 24.3 Å². The first-order valence-corrected chi connectivity index (χ1v) is 15.1. The van der Waals surface area contributed by atoms with Crippen LogP contribution < -0.4 is 9.62 Å². The number of anilines is 1. The minimum Gasteiger partial charge on any atom is -0.352 e. The second-order valence-electron chi connectivity index (χ2n) is 8.88. The second kappa shape index (κ2) is 13.9. The minimum absolute atomic E-state index is 0.00480. The van der Waals surface area contributed by atoms with Gasteiger partial charge in [-0.25, -0.2) is 8.42 Å². The van der Waals surface area contributed by atoms with Gasteiger partial charge in [0.05, 0.1) is 17.0 Å². The summed E-state index contributed by atoms with van der Waals surface area (Å²) in [5, 5.41) is 4.25. The first kappa shape index (κ1) is 31.5. The number of nitrogens with one attached hydrogen (secondary N) is 1. The molecule has 37 heavy (non-hydrogen) atoms. The zero-order valence-electron chi connectivity index (χ0n) is 21.1. The fourth-order valence-corrected chi connectivity index (χ4v) is 5.67. The van der Waals surface area contributed by atoms with Gasteiger partial charge in [0.2, 0.25) is 21.8 Å². The summed E-state index contributed by atoms with van der Waals surface area (Å²) in [4.78, 5) is 27.9. The molecule has 0 aromatic heterocycles. The van der Waals surface area contributed by atoms with Crippen molar-refractivity contribution in [3.8, 4) is 0 Å². The highest BCUT2D eigenvalue weighted by Crippen LogP contribution is 2.31. The fraction of sp³-hybridized carbons (Fsp3) is 0.440. The van der Waals surface area contributed by atoms with Crippen LogP contribution in [-0.2, 0) is 26.2 Å². The lowest BCUT2D eigenvalue weighted by atomic mass is 10.1. The van der Waals surface area contributed by atoms with Crippen LogP contribution in [0.2, 0.25) is 20.1 Å². The highest BCUT2D eigenvalue weighted by Gasteiger charge is 2.30. The molecular weight excluding hydrogens is 580 g/mol. The third kappa shape index (κ3) is 9.21. The van der Waals surface area contributed by atoms with Crippen LogP contribution in [0.3, 0.4) is 0 Å². The zero-order chi connectivity index (χ0) is 27.9. The van der Waals surface area contributed by atoms with E-state index in [9.17, 15) is 18.0 Å². The van der Waals surface area contributed by atoms with E-state index in [4.69, 9.17) is 46.4 Å². The monoisotopic (exact) mass is 609 g/mol. The summed E-state index contributed by atoms with van der Waals surface area (Å²) in [5.74, 6) is -0.596. The number of amides is 2. The van der Waals surface area contributed by atoms with Crippen molar-refractivity contribution in [1.82, 2.24) is 10.2 Å². The number of hydrogen-bond donors (Lipinski definition) is 1. The van der Waals surface area contributed by atoms with Gasteiger partial charge in [-0.3, -0.25) is 13.9 Å². The normalized spacial score (nSPS) is 12.4. The predicted octanol–water partition coefficient (Wildman–Crippen LogP) is 6.18. The summed E-state index contributed by atoms with van der Waals surface area (Å²) in [7, 11) is -3.71. The van der Waals surface area contributed by atoms with Gasteiger partial charge >= 0.3 is 0 Å². The smallest absolute Gasteiger partial charge is 0.243 e. The molecule has 2 amide bonds. The Morgan fingerprint density at radius 1 is 0.973 bits per heavy atom. The lowest BCUT2D eigenvalue weighted by molar-refractivity contribution is -0.141. The van der Waals surface area contributed by atoms with Gasteiger partial charge in [0.1, 0.15) is 6.04 Å². The van der Waals surface area contributed by atoms with Gasteiger partial charge in [0.25, 0.3) is 0 Å². The van der Waals surface area contributed by atoms with E-state index in [0.29, 0.717) is 27.1 Å². The van der Waals surface area contributed by atoms with E-state index < -0.39 is 16.1 Å². The molecule has 1 atom stereocenters. The SMILES string of the molecule is CC[C@H](C(=O)NC(C)C)N(Cc1ccc(Cl)cc1Cl)C(=O)CCCN(c1cc(Cl)ccc1Cl)S(C)(=O)=O. The Morgan fingerprint density at radius 3 is 2.16 bits per heavy atom. The van der Waals surface area contributed by atoms with Crippen LogP contribution in [-0.4, -0.2) is 50.0 Å². The first-order chi connectivity index (χ1) is 17.2. The van der Waals surface area contributed by atoms with E-state index in [1.807, 2.05) is 20.8 Å². The van der Waals surface area contributed by atoms with Gasteiger partial charge in [-0.2, -0.15) is 0 Å². The molecule has 0 heterocycles. The Morgan fingerprint density at radius 2 is 1.59 bits per heavy atom. The van der Waals surface area contributed by atoms with Gasteiger partial charge in [-0.05, 0) is 62.6 Å². The largest absolute Gasteiger partial charge is 0.352 e. The van der Waals surface area contributed by atoms with Crippen molar-refractivity contribution >= 4 is 73.9 Å². The van der Waals surface area contributed by atoms with E-state index in [0.717, 1.165) is 10.6 Å². The molecule has 2 aromatic carbocycles. The van der Waals surface area contributed by atoms with E-state index in [1.165, 1.54) is 17.0 Å². The van der Waals surface area contributed by atoms with Gasteiger partial charge < -0.3 is 10.2 Å². The van der Waals surface area contributed by atoms with Crippen LogP contribution in [0.5, 0.6) is 0 Å². The standard InChI is InChI=1S/C25H31Cl4N3O4S/c1-5-22(25(34)30-16(2)3)31(15-17-8-9-18(26)13-21(17)29)24(33)7-6-12-32(37(4,35)36)23-14-19(27)10-11-20(23)28/h8-11,13-14,16,22H,5-7,12,15H2,1-4H3,(H,30,34)/t22-/m1/s1. The lowest BCUT2D eigenvalue weighted by Crippen LogP contribution is -2.50. The Balaban J connectivity index is 2.29. The average molecular weight is 611 g/mol. The summed E-state index contributed by atoms with van der Waals surface area (Å²) >= 11 is 24.7. The molecule has 0 bridgehead atoms. The van der Waals surface area contributed by atoms with Gasteiger partial charge in [-0.1, -0.05) is 59.4 Å². The summed E-state index contributed by atoms with van der Waals surface area (Å²) in [5.41, 5.74) is 0.871. The maximum Gasteiger partial charge on any atom is 0.243 e. The van der Waals surface area contributed by atoms with Crippen molar-refractivity contribution < 1.29 is 18.0 Å². The number of nitrogens with zero attached hydrogens (tertiary/aromatic N) is 2. The highest BCUT2D eigenvalue weighted by atomic mass is 35.5. The average Bonchev–Trinajstić information content (AvgIpc) is 2.78. The van der Waals surface area contributed by atoms with Gasteiger partial charge in [-0.15, -0.1) is 0 Å². The van der Waals surface area contributed by atoms with Crippen LogP contribution in [0.15, 0.2) is 36.4 Å². The molecule has 0 aliphatic carbocycles. The third-order valence-corrected chi connectivity index (χ3v) is 7.82. The number of sulfonamides is 1. The zero-order valence-corrected chi connectivity index (χ0v) is 24.9. The summed E-state index contributed by atoms with van der Waals surface area (Å²) in [6.07, 6.45) is 1.61. The van der Waals surface area contributed by atoms with Crippen molar-refractivity contribution in [3.05, 3.63) is 62.1 Å². The fourth-order valence-electron chi connectivity index (χ4n) is 3.79. The Labute approximate surface area is 239 Å². The second-order valence-corrected chi connectivity index (χ2v) is 12.5. The molecule has 0 aliphatic rings. The summed E-state index contributed by atoms with van der Waals surface area (Å²) in [6.45, 7) is 5.59. The van der Waals surface area contributed by atoms with Gasteiger partial charge in [0.15, 0.2) is 0 Å². The maximum atomic E-state index is 13.5. The van der Waals surface area contributed by atoms with E-state index >= 15 is 0 Å². The van der Waals surface area contributed by atoms with Crippen LogP contribution in [0.4, 0.5) is 5.69 Å². The third-order valence-electron chi connectivity index (χ3n) is 5.50. The van der Waals surface area contributed by atoms with Crippen molar-refractivity contribution in [2.24, 2.45) is 0 Å². The molecular formula is C25H31Cl4N3O4S. The van der Waals surface area contributed by atoms with E-state index in [2.05, 4.69) is 5.32 Å². The number of rotatable bonds is 12. The molecule has 12 heteroatoms. The quantitative estimate of drug-likeness (QED) is 0.311. The predicted molar refractivity (Wildman–Crippen MR) is 152 cm³/mol. The summed E-state index contributed by atoms with van der Waals surface area (Å²) < 4.78 is 26.1. The van der Waals surface area contributed by atoms with Crippen molar-refractivity contribution in [2.45, 2.75) is 58.7 Å². The number of halogens is 4. The Hall–Kier alpha value is -1.71. The lowest BCUT2D eigenvalue weighted by Gasteiger charge is -2.32. The topological polar surface area (TPSA) is 86.8 Å². The molecule has 0 unspecified atom stereocenters. The number of hydrogen-bond acceptors (Lipinski definition) is 4. The number of benzene rings is 2. The van der Waals surface area contributed by atoms with E-state index in [-0.39, 0.29) is 54.5 Å². The Kier molecular flexibility index (Phi) is 11.8. The summed E-state index contributed by atoms with van der Waals surface area (Å²) in [6, 6.07) is 8.64. The molecule has 0 radical (unpaired) electrons. The van der Waals surface area contributed by atoms with Crippen LogP contribution in [0.25, 0.3) is 0 Å². The molecule has 2 aromatic rings. The molecule has 2 rings (SSSR count). The van der Waals surface area contributed by atoms with Crippen LogP contribution in [0, 0.1) is 0 Å². The minimum atomic E-state index is -3.71. The van der Waals surface area contributed by atoms with Gasteiger partial charge in [0, 0.05) is 40.6 Å². The molecule has 204 valence electrons. The molecule has 0 saturated carbocycles. The van der Waals surface area contributed by atoms with Crippen molar-refractivity contribution in [3.63, 3.8) is 0 Å². The van der Waals surface area contributed by atoms with Crippen molar-refractivity contribution in [1.29, 1.82) is 0 Å². The number of carbonyl (C=O) groups is 2. The molecule has 0 aliphatic heterocycles. The maximum absolute atomic E-state index is 13.5.